The van der Waals surface area contributed by atoms with E-state index in [9.17, 15) is 0 Å². The fourth-order valence-electron chi connectivity index (χ4n) is 2.32. The average Bonchev–Trinajstić information content (AvgIpc) is 2.88. The van der Waals surface area contributed by atoms with Crippen molar-refractivity contribution in [2.75, 3.05) is 13.2 Å². The molecule has 0 saturated heterocycles. The van der Waals surface area contributed by atoms with Crippen LogP contribution in [0.1, 0.15) is 42.3 Å². The van der Waals surface area contributed by atoms with E-state index in [0.29, 0.717) is 6.61 Å². The van der Waals surface area contributed by atoms with Crippen molar-refractivity contribution in [1.82, 2.24) is 5.32 Å². The van der Waals surface area contributed by atoms with Gasteiger partial charge in [-0.1, -0.05) is 24.6 Å². The van der Waals surface area contributed by atoms with Gasteiger partial charge in [-0.2, -0.15) is 0 Å². The zero-order valence-electron chi connectivity index (χ0n) is 12.8. The van der Waals surface area contributed by atoms with Crippen LogP contribution in [0.15, 0.2) is 34.1 Å². The van der Waals surface area contributed by atoms with Gasteiger partial charge in [0.25, 0.3) is 0 Å². The van der Waals surface area contributed by atoms with Crippen LogP contribution < -0.4 is 10.1 Å². The van der Waals surface area contributed by atoms with Crippen molar-refractivity contribution in [1.29, 1.82) is 0 Å². The van der Waals surface area contributed by atoms with Gasteiger partial charge in [0.1, 0.15) is 5.75 Å². The van der Waals surface area contributed by atoms with Crippen LogP contribution in [0.25, 0.3) is 0 Å². The Morgan fingerprint density at radius 3 is 2.71 bits per heavy atom. The van der Waals surface area contributed by atoms with E-state index in [2.05, 4.69) is 64.7 Å². The maximum Gasteiger partial charge on any atom is 0.124 e. The zero-order valence-corrected chi connectivity index (χ0v) is 15.2. The van der Waals surface area contributed by atoms with Gasteiger partial charge in [-0.3, -0.25) is 0 Å². The molecule has 0 amide bonds. The number of nitrogens with one attached hydrogen (secondary N) is 1. The fourth-order valence-corrected chi connectivity index (χ4v) is 4.02. The van der Waals surface area contributed by atoms with Crippen LogP contribution >= 0.6 is 27.3 Å². The fraction of sp³-hybridized carbons (Fsp3) is 0.412. The van der Waals surface area contributed by atoms with Gasteiger partial charge in [0.05, 0.1) is 12.6 Å². The first-order chi connectivity index (χ1) is 10.2. The van der Waals surface area contributed by atoms with E-state index in [1.165, 1.54) is 16.0 Å². The van der Waals surface area contributed by atoms with Crippen LogP contribution in [-0.2, 0) is 0 Å². The van der Waals surface area contributed by atoms with E-state index in [4.69, 9.17) is 4.74 Å². The lowest BCUT2D eigenvalue weighted by atomic mass is 10.0. The summed E-state index contributed by atoms with van der Waals surface area (Å²) in [4.78, 5) is 1.30. The Labute approximate surface area is 139 Å². The second-order valence-electron chi connectivity index (χ2n) is 4.99. The molecule has 2 rings (SSSR count). The molecule has 0 aliphatic heterocycles. The summed E-state index contributed by atoms with van der Waals surface area (Å²) in [6, 6.07) is 8.69. The normalized spacial score (nSPS) is 12.4. The largest absolute Gasteiger partial charge is 0.494 e. The van der Waals surface area contributed by atoms with Crippen molar-refractivity contribution in [2.24, 2.45) is 0 Å². The molecule has 1 N–H and O–H groups in total. The molecule has 1 atom stereocenters. The highest BCUT2D eigenvalue weighted by Crippen LogP contribution is 2.37. The first kappa shape index (κ1) is 16.5. The summed E-state index contributed by atoms with van der Waals surface area (Å²) in [5.41, 5.74) is 2.47. The molecular formula is C17H22BrNOS. The molecule has 2 nitrogen and oxygen atoms in total. The molecule has 0 fully saturated rings. The van der Waals surface area contributed by atoms with E-state index >= 15 is 0 Å². The van der Waals surface area contributed by atoms with Gasteiger partial charge in [0, 0.05) is 14.9 Å². The van der Waals surface area contributed by atoms with Gasteiger partial charge in [-0.15, -0.1) is 11.3 Å². The molecule has 21 heavy (non-hydrogen) atoms. The van der Waals surface area contributed by atoms with Gasteiger partial charge in [-0.05, 0) is 60.3 Å². The molecule has 0 aliphatic rings. The summed E-state index contributed by atoms with van der Waals surface area (Å²) in [5, 5.41) is 5.78. The molecule has 4 heteroatoms. The first-order valence-electron chi connectivity index (χ1n) is 7.37. The molecule has 1 heterocycles. The van der Waals surface area contributed by atoms with E-state index < -0.39 is 0 Å². The molecule has 1 unspecified atom stereocenters. The SMILES string of the molecule is CCCNC(c1cc(C)ccc1OCC)c1sccc1Br. The summed E-state index contributed by atoms with van der Waals surface area (Å²) in [5.74, 6) is 0.969. The van der Waals surface area contributed by atoms with Crippen LogP contribution in [0.4, 0.5) is 0 Å². The molecule has 0 radical (unpaired) electrons. The van der Waals surface area contributed by atoms with Gasteiger partial charge in [0.15, 0.2) is 0 Å². The summed E-state index contributed by atoms with van der Waals surface area (Å²) in [6.07, 6.45) is 1.11. The summed E-state index contributed by atoms with van der Waals surface area (Å²) < 4.78 is 7.00. The average molecular weight is 368 g/mol. The van der Waals surface area contributed by atoms with Crippen LogP contribution in [0.3, 0.4) is 0 Å². The second-order valence-corrected chi connectivity index (χ2v) is 6.80. The van der Waals surface area contributed by atoms with Crippen LogP contribution in [0.2, 0.25) is 0 Å². The lowest BCUT2D eigenvalue weighted by Crippen LogP contribution is -2.23. The zero-order chi connectivity index (χ0) is 15.2. The smallest absolute Gasteiger partial charge is 0.124 e. The number of hydrogen-bond acceptors (Lipinski definition) is 3. The molecular weight excluding hydrogens is 346 g/mol. The monoisotopic (exact) mass is 367 g/mol. The minimum Gasteiger partial charge on any atom is -0.494 e. The Hall–Kier alpha value is -0.840. The predicted octanol–water partition coefficient (Wildman–Crippen LogP) is 5.31. The Morgan fingerprint density at radius 2 is 2.10 bits per heavy atom. The molecule has 114 valence electrons. The van der Waals surface area contributed by atoms with Crippen molar-refractivity contribution >= 4 is 27.3 Å². The lowest BCUT2D eigenvalue weighted by Gasteiger charge is -2.22. The Bertz CT molecular complexity index is 582. The van der Waals surface area contributed by atoms with Gasteiger partial charge in [-0.25, -0.2) is 0 Å². The summed E-state index contributed by atoms with van der Waals surface area (Å²) >= 11 is 5.44. The molecule has 0 aliphatic carbocycles. The van der Waals surface area contributed by atoms with Crippen molar-refractivity contribution in [3.63, 3.8) is 0 Å². The molecule has 2 aromatic rings. The molecule has 0 bridgehead atoms. The van der Waals surface area contributed by atoms with Crippen molar-refractivity contribution < 1.29 is 4.74 Å². The maximum atomic E-state index is 5.84. The van der Waals surface area contributed by atoms with Gasteiger partial charge in [0.2, 0.25) is 0 Å². The standard InChI is InChI=1S/C17H22BrNOS/c1-4-9-19-16(17-14(18)8-10-21-17)13-11-12(3)6-7-15(13)20-5-2/h6-8,10-11,16,19H,4-5,9H2,1-3H3. The predicted molar refractivity (Wildman–Crippen MR) is 94.5 cm³/mol. The topological polar surface area (TPSA) is 21.3 Å². The second kappa shape index (κ2) is 7.97. The van der Waals surface area contributed by atoms with Crippen LogP contribution in [-0.4, -0.2) is 13.2 Å². The van der Waals surface area contributed by atoms with E-state index in [-0.39, 0.29) is 6.04 Å². The van der Waals surface area contributed by atoms with Crippen LogP contribution in [0.5, 0.6) is 5.75 Å². The number of thiophene rings is 1. The van der Waals surface area contributed by atoms with Crippen LogP contribution in [0, 0.1) is 6.92 Å². The maximum absolute atomic E-state index is 5.84. The third-order valence-electron chi connectivity index (χ3n) is 3.28. The highest BCUT2D eigenvalue weighted by molar-refractivity contribution is 9.10. The van der Waals surface area contributed by atoms with Gasteiger partial charge < -0.3 is 10.1 Å². The molecule has 1 aromatic carbocycles. The number of benzene rings is 1. The molecule has 1 aromatic heterocycles. The quantitative estimate of drug-likeness (QED) is 0.715. The highest BCUT2D eigenvalue weighted by Gasteiger charge is 2.21. The number of ether oxygens (including phenoxy) is 1. The van der Waals surface area contributed by atoms with Gasteiger partial charge >= 0.3 is 0 Å². The Morgan fingerprint density at radius 1 is 1.29 bits per heavy atom. The van der Waals surface area contributed by atoms with Crippen molar-refractivity contribution in [3.05, 3.63) is 50.1 Å². The third kappa shape index (κ3) is 4.09. The van der Waals surface area contributed by atoms with E-state index in [1.54, 1.807) is 11.3 Å². The van der Waals surface area contributed by atoms with Crippen molar-refractivity contribution in [3.8, 4) is 5.75 Å². The van der Waals surface area contributed by atoms with E-state index in [0.717, 1.165) is 23.2 Å². The molecule has 0 spiro atoms. The number of halogens is 1. The number of hydrogen-bond donors (Lipinski definition) is 1. The van der Waals surface area contributed by atoms with Crippen molar-refractivity contribution in [2.45, 2.75) is 33.2 Å². The minimum absolute atomic E-state index is 0.167. The number of rotatable bonds is 7. The van der Waals surface area contributed by atoms with E-state index in [1.807, 2.05) is 6.92 Å². The summed E-state index contributed by atoms with van der Waals surface area (Å²) in [6.45, 7) is 8.00. The first-order valence-corrected chi connectivity index (χ1v) is 9.04. The number of aryl methyl sites for hydroxylation is 1. The minimum atomic E-state index is 0.167. The summed E-state index contributed by atoms with van der Waals surface area (Å²) in [7, 11) is 0. The third-order valence-corrected chi connectivity index (χ3v) is 5.22. The molecule has 0 saturated carbocycles. The Balaban J connectivity index is 2.45. The highest BCUT2D eigenvalue weighted by atomic mass is 79.9. The Kier molecular flexibility index (Phi) is 6.27. The lowest BCUT2D eigenvalue weighted by molar-refractivity contribution is 0.333.